The quantitative estimate of drug-likeness (QED) is 0.450. The summed E-state index contributed by atoms with van der Waals surface area (Å²) in [7, 11) is 1.36. The van der Waals surface area contributed by atoms with E-state index in [4.69, 9.17) is 9.84 Å². The van der Waals surface area contributed by atoms with E-state index in [2.05, 4.69) is 5.32 Å². The van der Waals surface area contributed by atoms with Gasteiger partial charge in [-0.05, 0) is 25.5 Å². The molecule has 0 heterocycles. The number of nitrogens with zero attached hydrogens (tertiary/aromatic N) is 1. The minimum Gasteiger partial charge on any atom is -0.497 e. The van der Waals surface area contributed by atoms with Crippen molar-refractivity contribution >= 4 is 17.6 Å². The molecule has 1 unspecified atom stereocenters. The number of ether oxygens (including phenoxy) is 1. The molecule has 0 radical (unpaired) electrons. The number of carboxylic acids is 1. The molecule has 0 spiro atoms. The average Bonchev–Trinajstić information content (AvgIpc) is 2.49. The lowest BCUT2D eigenvalue weighted by atomic mass is 10.1. The van der Waals surface area contributed by atoms with Gasteiger partial charge in [-0.2, -0.15) is 0 Å². The highest BCUT2D eigenvalue weighted by Crippen LogP contribution is 2.24. The Kier molecular flexibility index (Phi) is 6.06. The second kappa shape index (κ2) is 7.77. The van der Waals surface area contributed by atoms with Crippen molar-refractivity contribution in [3.8, 4) is 5.75 Å². The van der Waals surface area contributed by atoms with Crippen molar-refractivity contribution in [2.45, 2.75) is 19.4 Å². The SMILES string of the molecule is C/C=C/CC(NC(=O)c1cc(OC)ccc1[N+](=O)[O-])C(=O)O. The molecule has 0 aliphatic heterocycles. The molecule has 1 rings (SSSR count). The number of nitrogens with one attached hydrogen (secondary N) is 1. The smallest absolute Gasteiger partial charge is 0.326 e. The summed E-state index contributed by atoms with van der Waals surface area (Å²) in [6.07, 6.45) is 3.31. The number of hydrogen-bond donors (Lipinski definition) is 2. The first-order valence-electron chi connectivity index (χ1n) is 6.38. The maximum absolute atomic E-state index is 12.2. The highest BCUT2D eigenvalue weighted by Gasteiger charge is 2.25. The number of hydrogen-bond acceptors (Lipinski definition) is 5. The van der Waals surface area contributed by atoms with Crippen molar-refractivity contribution in [2.24, 2.45) is 0 Å². The molecule has 0 bridgehead atoms. The van der Waals surface area contributed by atoms with E-state index in [1.165, 1.54) is 19.2 Å². The number of carbonyl (C=O) groups is 2. The molecule has 0 saturated heterocycles. The first-order chi connectivity index (χ1) is 10.4. The van der Waals surface area contributed by atoms with Crippen LogP contribution in [0.5, 0.6) is 5.75 Å². The molecule has 0 fully saturated rings. The molecule has 2 N–H and O–H groups in total. The van der Waals surface area contributed by atoms with E-state index in [-0.39, 0.29) is 17.7 Å². The van der Waals surface area contributed by atoms with Gasteiger partial charge in [0.05, 0.1) is 12.0 Å². The fraction of sp³-hybridized carbons (Fsp3) is 0.286. The lowest BCUT2D eigenvalue weighted by Crippen LogP contribution is -2.40. The van der Waals surface area contributed by atoms with Gasteiger partial charge in [0.25, 0.3) is 11.6 Å². The summed E-state index contributed by atoms with van der Waals surface area (Å²) >= 11 is 0. The van der Waals surface area contributed by atoms with Crippen LogP contribution in [0.3, 0.4) is 0 Å². The Labute approximate surface area is 126 Å². The average molecular weight is 308 g/mol. The van der Waals surface area contributed by atoms with E-state index >= 15 is 0 Å². The summed E-state index contributed by atoms with van der Waals surface area (Å²) in [6, 6.07) is 2.51. The minimum atomic E-state index is -1.23. The molecule has 1 aromatic carbocycles. The van der Waals surface area contributed by atoms with Gasteiger partial charge in [0, 0.05) is 6.07 Å². The molecule has 118 valence electrons. The van der Waals surface area contributed by atoms with Gasteiger partial charge in [0.2, 0.25) is 0 Å². The van der Waals surface area contributed by atoms with Crippen LogP contribution in [0.1, 0.15) is 23.7 Å². The van der Waals surface area contributed by atoms with Crippen molar-refractivity contribution in [2.75, 3.05) is 7.11 Å². The molecule has 1 aromatic rings. The van der Waals surface area contributed by atoms with E-state index in [1.807, 2.05) is 0 Å². The number of allylic oxidation sites excluding steroid dienone is 1. The van der Waals surface area contributed by atoms with E-state index in [0.717, 1.165) is 6.07 Å². The van der Waals surface area contributed by atoms with Gasteiger partial charge >= 0.3 is 5.97 Å². The monoisotopic (exact) mass is 308 g/mol. The molecule has 22 heavy (non-hydrogen) atoms. The number of carboxylic acid groups (broad SMARTS) is 1. The zero-order valence-corrected chi connectivity index (χ0v) is 12.1. The summed E-state index contributed by atoms with van der Waals surface area (Å²) < 4.78 is 4.93. The molecular weight excluding hydrogens is 292 g/mol. The number of benzene rings is 1. The Morgan fingerprint density at radius 1 is 1.50 bits per heavy atom. The Morgan fingerprint density at radius 2 is 2.18 bits per heavy atom. The number of methoxy groups -OCH3 is 1. The maximum Gasteiger partial charge on any atom is 0.326 e. The van der Waals surface area contributed by atoms with Crippen molar-refractivity contribution < 1.29 is 24.4 Å². The second-order valence-electron chi connectivity index (χ2n) is 4.31. The van der Waals surface area contributed by atoms with Gasteiger partial charge < -0.3 is 15.2 Å². The van der Waals surface area contributed by atoms with Crippen LogP contribution in [0.2, 0.25) is 0 Å². The zero-order valence-electron chi connectivity index (χ0n) is 12.1. The highest BCUT2D eigenvalue weighted by molar-refractivity contribution is 6.00. The van der Waals surface area contributed by atoms with Crippen molar-refractivity contribution in [1.82, 2.24) is 5.32 Å². The second-order valence-corrected chi connectivity index (χ2v) is 4.31. The van der Waals surface area contributed by atoms with E-state index in [0.29, 0.717) is 0 Å². The van der Waals surface area contributed by atoms with Gasteiger partial charge in [-0.25, -0.2) is 4.79 Å². The number of rotatable bonds is 7. The van der Waals surface area contributed by atoms with Crippen LogP contribution in [0.4, 0.5) is 5.69 Å². The Bertz CT molecular complexity index is 611. The minimum absolute atomic E-state index is 0.0787. The molecule has 1 amide bonds. The topological polar surface area (TPSA) is 119 Å². The number of carbonyl (C=O) groups excluding carboxylic acids is 1. The third kappa shape index (κ3) is 4.30. The molecular formula is C14H16N2O6. The summed E-state index contributed by atoms with van der Waals surface area (Å²) in [5, 5.41) is 22.3. The summed E-state index contributed by atoms with van der Waals surface area (Å²) in [6.45, 7) is 1.72. The normalized spacial score (nSPS) is 11.9. The first-order valence-corrected chi connectivity index (χ1v) is 6.38. The number of nitro groups is 1. The van der Waals surface area contributed by atoms with Crippen LogP contribution >= 0.6 is 0 Å². The Balaban J connectivity index is 3.09. The van der Waals surface area contributed by atoms with Crippen molar-refractivity contribution in [1.29, 1.82) is 0 Å². The van der Waals surface area contributed by atoms with Crippen LogP contribution in [0.25, 0.3) is 0 Å². The fourth-order valence-electron chi connectivity index (χ4n) is 1.71. The van der Waals surface area contributed by atoms with Gasteiger partial charge in [0.1, 0.15) is 17.4 Å². The summed E-state index contributed by atoms with van der Waals surface area (Å²) in [5.74, 6) is -1.81. The summed E-state index contributed by atoms with van der Waals surface area (Å²) in [5.41, 5.74) is -0.676. The molecule has 8 heteroatoms. The fourth-order valence-corrected chi connectivity index (χ4v) is 1.71. The molecule has 0 aliphatic carbocycles. The first kappa shape index (κ1) is 17.2. The predicted octanol–water partition coefficient (Wildman–Crippen LogP) is 1.75. The van der Waals surface area contributed by atoms with Crippen LogP contribution in [0, 0.1) is 10.1 Å². The van der Waals surface area contributed by atoms with Crippen molar-refractivity contribution in [3.63, 3.8) is 0 Å². The van der Waals surface area contributed by atoms with E-state index < -0.39 is 28.5 Å². The predicted molar refractivity (Wildman–Crippen MR) is 78.0 cm³/mol. The standard InChI is InChI=1S/C14H16N2O6/c1-3-4-5-11(14(18)19)15-13(17)10-8-9(22-2)6-7-12(10)16(20)21/h3-4,6-8,11H,5H2,1-2H3,(H,15,17)(H,18,19)/b4-3+. The summed E-state index contributed by atoms with van der Waals surface area (Å²) in [4.78, 5) is 33.5. The lowest BCUT2D eigenvalue weighted by Gasteiger charge is -2.13. The number of amides is 1. The largest absolute Gasteiger partial charge is 0.497 e. The Morgan fingerprint density at radius 3 is 2.68 bits per heavy atom. The molecule has 8 nitrogen and oxygen atoms in total. The van der Waals surface area contributed by atoms with Crippen LogP contribution in [-0.2, 0) is 4.79 Å². The van der Waals surface area contributed by atoms with Crippen LogP contribution in [-0.4, -0.2) is 35.1 Å². The van der Waals surface area contributed by atoms with Gasteiger partial charge in [-0.3, -0.25) is 14.9 Å². The van der Waals surface area contributed by atoms with Crippen molar-refractivity contribution in [3.05, 3.63) is 46.0 Å². The highest BCUT2D eigenvalue weighted by atomic mass is 16.6. The lowest BCUT2D eigenvalue weighted by molar-refractivity contribution is -0.385. The zero-order chi connectivity index (χ0) is 16.7. The molecule has 0 saturated carbocycles. The van der Waals surface area contributed by atoms with Crippen LogP contribution < -0.4 is 10.1 Å². The maximum atomic E-state index is 12.2. The van der Waals surface area contributed by atoms with E-state index in [1.54, 1.807) is 19.1 Å². The van der Waals surface area contributed by atoms with Gasteiger partial charge in [-0.15, -0.1) is 0 Å². The third-order valence-electron chi connectivity index (χ3n) is 2.86. The Hall–Kier alpha value is -2.90. The van der Waals surface area contributed by atoms with Gasteiger partial charge in [-0.1, -0.05) is 12.2 Å². The van der Waals surface area contributed by atoms with Gasteiger partial charge in [0.15, 0.2) is 0 Å². The number of aliphatic carboxylic acids is 1. The van der Waals surface area contributed by atoms with Crippen LogP contribution in [0.15, 0.2) is 30.4 Å². The number of nitro benzene ring substituents is 1. The molecule has 0 aliphatic rings. The molecule has 1 atom stereocenters. The third-order valence-corrected chi connectivity index (χ3v) is 2.86. The molecule has 0 aromatic heterocycles. The van der Waals surface area contributed by atoms with E-state index in [9.17, 15) is 19.7 Å².